The van der Waals surface area contributed by atoms with Crippen molar-refractivity contribution in [3.05, 3.63) is 24.5 Å². The molecule has 6 heteroatoms. The van der Waals surface area contributed by atoms with Gasteiger partial charge in [0.05, 0.1) is 0 Å². The molecule has 1 rings (SSSR count). The van der Waals surface area contributed by atoms with E-state index in [2.05, 4.69) is 4.72 Å². The Morgan fingerprint density at radius 1 is 1.31 bits per heavy atom. The Morgan fingerprint density at radius 2 is 1.92 bits per heavy atom. The second-order valence-corrected chi connectivity index (χ2v) is 4.93. The lowest BCUT2D eigenvalue weighted by Crippen LogP contribution is -2.27. The lowest BCUT2D eigenvalue weighted by atomic mass is 10.6. The molecule has 0 spiro atoms. The van der Waals surface area contributed by atoms with Crippen LogP contribution in [0, 0.1) is 0 Å². The van der Waals surface area contributed by atoms with Gasteiger partial charge in [0.25, 0.3) is 0 Å². The fraction of sp³-hybridized carbons (Fsp3) is 0.429. The van der Waals surface area contributed by atoms with E-state index in [1.54, 1.807) is 0 Å². The van der Waals surface area contributed by atoms with Crippen molar-refractivity contribution in [2.24, 2.45) is 0 Å². The first-order valence-corrected chi connectivity index (χ1v) is 5.97. The SMILES string of the molecule is O=S(=O)(CCl)NCCn1cccc1. The zero-order valence-electron chi connectivity index (χ0n) is 6.98. The van der Waals surface area contributed by atoms with Crippen LogP contribution >= 0.6 is 11.6 Å². The fourth-order valence-corrected chi connectivity index (χ4v) is 1.60. The van der Waals surface area contributed by atoms with Crippen LogP contribution in [-0.2, 0) is 16.6 Å². The number of hydrogen-bond donors (Lipinski definition) is 1. The van der Waals surface area contributed by atoms with Crippen molar-refractivity contribution in [3.8, 4) is 0 Å². The molecule has 74 valence electrons. The van der Waals surface area contributed by atoms with Gasteiger partial charge in [-0.2, -0.15) is 0 Å². The molecule has 0 saturated heterocycles. The van der Waals surface area contributed by atoms with Crippen LogP contribution in [0.3, 0.4) is 0 Å². The summed E-state index contributed by atoms with van der Waals surface area (Å²) in [6.07, 6.45) is 3.74. The first kappa shape index (κ1) is 10.6. The minimum atomic E-state index is -3.27. The lowest BCUT2D eigenvalue weighted by Gasteiger charge is -2.04. The minimum absolute atomic E-state index is 0.365. The van der Waals surface area contributed by atoms with Crippen molar-refractivity contribution in [1.82, 2.24) is 9.29 Å². The van der Waals surface area contributed by atoms with Crippen molar-refractivity contribution in [2.45, 2.75) is 6.54 Å². The molecular formula is C7H11ClN2O2S. The van der Waals surface area contributed by atoms with Gasteiger partial charge in [-0.3, -0.25) is 0 Å². The maximum absolute atomic E-state index is 10.9. The van der Waals surface area contributed by atoms with Gasteiger partial charge < -0.3 is 4.57 Å². The predicted octanol–water partition coefficient (Wildman–Crippen LogP) is 0.604. The second kappa shape index (κ2) is 4.64. The van der Waals surface area contributed by atoms with E-state index in [0.29, 0.717) is 13.1 Å². The van der Waals surface area contributed by atoms with Gasteiger partial charge in [-0.05, 0) is 12.1 Å². The van der Waals surface area contributed by atoms with Crippen LogP contribution < -0.4 is 4.72 Å². The topological polar surface area (TPSA) is 51.1 Å². The Hall–Kier alpha value is -0.520. The number of nitrogens with one attached hydrogen (secondary N) is 1. The summed E-state index contributed by atoms with van der Waals surface area (Å²) in [4.78, 5) is 0. The number of hydrogen-bond acceptors (Lipinski definition) is 2. The molecule has 0 aliphatic heterocycles. The van der Waals surface area contributed by atoms with Crippen molar-refractivity contribution in [2.75, 3.05) is 11.8 Å². The molecule has 1 aromatic heterocycles. The molecule has 1 heterocycles. The smallest absolute Gasteiger partial charge is 0.225 e. The van der Waals surface area contributed by atoms with Gasteiger partial charge >= 0.3 is 0 Å². The third kappa shape index (κ3) is 3.80. The highest BCUT2D eigenvalue weighted by Crippen LogP contribution is 1.90. The molecule has 0 aliphatic rings. The largest absolute Gasteiger partial charge is 0.353 e. The summed E-state index contributed by atoms with van der Waals surface area (Å²) in [7, 11) is -3.27. The summed E-state index contributed by atoms with van der Waals surface area (Å²) >= 11 is 5.20. The van der Waals surface area contributed by atoms with Crippen molar-refractivity contribution < 1.29 is 8.42 Å². The number of aromatic nitrogens is 1. The highest BCUT2D eigenvalue weighted by Gasteiger charge is 2.05. The summed E-state index contributed by atoms with van der Waals surface area (Å²) < 4.78 is 26.0. The van der Waals surface area contributed by atoms with E-state index in [9.17, 15) is 8.42 Å². The van der Waals surface area contributed by atoms with Crippen LogP contribution in [0.15, 0.2) is 24.5 Å². The predicted molar refractivity (Wildman–Crippen MR) is 52.1 cm³/mol. The van der Waals surface area contributed by atoms with E-state index in [0.717, 1.165) is 0 Å². The quantitative estimate of drug-likeness (QED) is 0.742. The maximum atomic E-state index is 10.9. The lowest BCUT2D eigenvalue weighted by molar-refractivity contribution is 0.577. The molecule has 13 heavy (non-hydrogen) atoms. The Morgan fingerprint density at radius 3 is 2.46 bits per heavy atom. The van der Waals surface area contributed by atoms with Crippen molar-refractivity contribution in [3.63, 3.8) is 0 Å². The van der Waals surface area contributed by atoms with Crippen molar-refractivity contribution >= 4 is 21.6 Å². The van der Waals surface area contributed by atoms with E-state index in [4.69, 9.17) is 11.6 Å². The molecule has 0 aromatic carbocycles. The molecule has 0 unspecified atom stereocenters. The molecule has 0 aliphatic carbocycles. The van der Waals surface area contributed by atoms with Crippen LogP contribution in [0.1, 0.15) is 0 Å². The minimum Gasteiger partial charge on any atom is -0.353 e. The molecule has 0 fully saturated rings. The number of nitrogens with zero attached hydrogens (tertiary/aromatic N) is 1. The number of alkyl halides is 1. The van der Waals surface area contributed by atoms with E-state index < -0.39 is 15.2 Å². The van der Waals surface area contributed by atoms with Crippen LogP contribution in [-0.4, -0.2) is 24.7 Å². The van der Waals surface area contributed by atoms with Crippen LogP contribution in [0.25, 0.3) is 0 Å². The molecule has 0 radical (unpaired) electrons. The zero-order chi connectivity index (χ0) is 9.73. The monoisotopic (exact) mass is 222 g/mol. The molecular weight excluding hydrogens is 212 g/mol. The van der Waals surface area contributed by atoms with Crippen LogP contribution in [0.2, 0.25) is 0 Å². The summed E-state index contributed by atoms with van der Waals surface area (Å²) in [5.41, 5.74) is 0. The van der Waals surface area contributed by atoms with Crippen LogP contribution in [0.4, 0.5) is 0 Å². The Kier molecular flexibility index (Phi) is 3.77. The summed E-state index contributed by atoms with van der Waals surface area (Å²) in [5, 5.41) is -0.390. The van der Waals surface area contributed by atoms with Gasteiger partial charge in [0.15, 0.2) is 0 Å². The Labute approximate surface area is 82.6 Å². The number of halogens is 1. The first-order valence-electron chi connectivity index (χ1n) is 3.78. The molecule has 1 N–H and O–H groups in total. The maximum Gasteiger partial charge on any atom is 0.225 e. The first-order chi connectivity index (χ1) is 6.14. The third-order valence-electron chi connectivity index (χ3n) is 1.50. The van der Waals surface area contributed by atoms with Gasteiger partial charge in [-0.1, -0.05) is 0 Å². The number of rotatable bonds is 5. The molecule has 0 bridgehead atoms. The van der Waals surface area contributed by atoms with Gasteiger partial charge in [0.1, 0.15) is 5.21 Å². The van der Waals surface area contributed by atoms with Crippen LogP contribution in [0.5, 0.6) is 0 Å². The average molecular weight is 223 g/mol. The van der Waals surface area contributed by atoms with E-state index in [1.165, 1.54) is 0 Å². The molecule has 0 saturated carbocycles. The molecule has 0 atom stereocenters. The molecule has 0 amide bonds. The van der Waals surface area contributed by atoms with Gasteiger partial charge in [-0.15, -0.1) is 11.6 Å². The van der Waals surface area contributed by atoms with Gasteiger partial charge in [0, 0.05) is 25.5 Å². The van der Waals surface area contributed by atoms with Crippen molar-refractivity contribution in [1.29, 1.82) is 0 Å². The molecule has 4 nitrogen and oxygen atoms in total. The second-order valence-electron chi connectivity index (χ2n) is 2.54. The molecule has 1 aromatic rings. The highest BCUT2D eigenvalue weighted by atomic mass is 35.5. The van der Waals surface area contributed by atoms with Gasteiger partial charge in [0.2, 0.25) is 10.0 Å². The van der Waals surface area contributed by atoms with E-state index in [1.807, 2.05) is 29.1 Å². The Bertz CT molecular complexity index is 333. The fourth-order valence-electron chi connectivity index (χ4n) is 0.888. The van der Waals surface area contributed by atoms with Gasteiger partial charge in [-0.25, -0.2) is 13.1 Å². The Balaban J connectivity index is 2.30. The normalized spacial score (nSPS) is 11.8. The van der Waals surface area contributed by atoms with E-state index in [-0.39, 0.29) is 0 Å². The summed E-state index contributed by atoms with van der Waals surface area (Å²) in [6.45, 7) is 0.979. The van der Waals surface area contributed by atoms with E-state index >= 15 is 0 Å². The number of sulfonamides is 1. The average Bonchev–Trinajstić information content (AvgIpc) is 2.57. The zero-order valence-corrected chi connectivity index (χ0v) is 8.55. The third-order valence-corrected chi connectivity index (χ3v) is 3.29. The highest BCUT2D eigenvalue weighted by molar-refractivity contribution is 7.90. The summed E-state index contributed by atoms with van der Waals surface area (Å²) in [5.74, 6) is 0. The standard InChI is InChI=1S/C7H11ClN2O2S/c8-7-13(11,12)9-3-6-10-4-1-2-5-10/h1-2,4-5,9H,3,6-7H2. The summed E-state index contributed by atoms with van der Waals surface area (Å²) in [6, 6.07) is 3.77.